The number of benzene rings is 1. The number of ether oxygens (including phenoxy) is 1. The third-order valence-electron chi connectivity index (χ3n) is 3.92. The van der Waals surface area contributed by atoms with Crippen molar-refractivity contribution in [2.24, 2.45) is 0 Å². The summed E-state index contributed by atoms with van der Waals surface area (Å²) in [4.78, 5) is 38.0. The lowest BCUT2D eigenvalue weighted by atomic mass is 10.1. The Morgan fingerprint density at radius 1 is 1.42 bits per heavy atom. The average Bonchev–Trinajstić information content (AvgIpc) is 2.61. The molecule has 1 saturated heterocycles. The first-order valence-electron chi connectivity index (χ1n) is 8.54. The predicted molar refractivity (Wildman–Crippen MR) is 101 cm³/mol. The number of thiocarbonyl (C=S) groups is 1. The SMILES string of the molecule is CCCOC(=O)CC1C(=O)NCCN1C(=S)NC(=O)c1cccc(C)c1. The molecule has 0 spiro atoms. The Bertz CT molecular complexity index is 707. The Balaban J connectivity index is 2.05. The normalized spacial score (nSPS) is 16.6. The first-order chi connectivity index (χ1) is 12.4. The van der Waals surface area contributed by atoms with Crippen LogP contribution in [0.2, 0.25) is 0 Å². The quantitative estimate of drug-likeness (QED) is 0.591. The van der Waals surface area contributed by atoms with Crippen molar-refractivity contribution in [3.8, 4) is 0 Å². The first-order valence-corrected chi connectivity index (χ1v) is 8.95. The molecule has 8 heteroatoms. The molecule has 0 aliphatic carbocycles. The molecule has 140 valence electrons. The zero-order valence-corrected chi connectivity index (χ0v) is 15.7. The number of esters is 1. The predicted octanol–water partition coefficient (Wildman–Crippen LogP) is 1.15. The summed E-state index contributed by atoms with van der Waals surface area (Å²) < 4.78 is 5.06. The van der Waals surface area contributed by atoms with Crippen LogP contribution in [0, 0.1) is 6.92 Å². The number of amides is 2. The van der Waals surface area contributed by atoms with Crippen LogP contribution in [0.3, 0.4) is 0 Å². The lowest BCUT2D eigenvalue weighted by Gasteiger charge is -2.36. The molecule has 0 radical (unpaired) electrons. The van der Waals surface area contributed by atoms with Gasteiger partial charge in [-0.15, -0.1) is 0 Å². The van der Waals surface area contributed by atoms with Crippen molar-refractivity contribution in [2.75, 3.05) is 19.7 Å². The second-order valence-corrected chi connectivity index (χ2v) is 6.44. The standard InChI is InChI=1S/C18H23N3O4S/c1-3-9-25-15(22)11-14-17(24)19-7-8-21(14)18(26)20-16(23)13-6-4-5-12(2)10-13/h4-6,10,14H,3,7-9,11H2,1-2H3,(H,19,24)(H,20,23,26). The molecule has 2 N–H and O–H groups in total. The molecule has 1 fully saturated rings. The van der Waals surface area contributed by atoms with Crippen LogP contribution in [0.15, 0.2) is 24.3 Å². The van der Waals surface area contributed by atoms with Crippen molar-refractivity contribution in [2.45, 2.75) is 32.7 Å². The number of nitrogens with zero attached hydrogens (tertiary/aromatic N) is 1. The van der Waals surface area contributed by atoms with E-state index >= 15 is 0 Å². The van der Waals surface area contributed by atoms with Crippen molar-refractivity contribution >= 4 is 35.1 Å². The van der Waals surface area contributed by atoms with E-state index in [-0.39, 0.29) is 23.3 Å². The molecule has 1 aromatic rings. The molecule has 26 heavy (non-hydrogen) atoms. The molecule has 1 atom stereocenters. The van der Waals surface area contributed by atoms with Crippen LogP contribution < -0.4 is 10.6 Å². The van der Waals surface area contributed by atoms with Gasteiger partial charge in [0.15, 0.2) is 5.11 Å². The topological polar surface area (TPSA) is 87.7 Å². The highest BCUT2D eigenvalue weighted by atomic mass is 32.1. The van der Waals surface area contributed by atoms with Gasteiger partial charge >= 0.3 is 5.97 Å². The van der Waals surface area contributed by atoms with Gasteiger partial charge in [-0.1, -0.05) is 24.6 Å². The number of nitrogens with one attached hydrogen (secondary N) is 2. The molecule has 0 saturated carbocycles. The molecule has 1 aliphatic rings. The van der Waals surface area contributed by atoms with Gasteiger partial charge in [-0.3, -0.25) is 19.7 Å². The van der Waals surface area contributed by atoms with Gasteiger partial charge < -0.3 is 15.0 Å². The number of hydrogen-bond acceptors (Lipinski definition) is 5. The highest BCUT2D eigenvalue weighted by Gasteiger charge is 2.34. The number of aryl methyl sites for hydroxylation is 1. The maximum atomic E-state index is 12.4. The van der Waals surface area contributed by atoms with E-state index in [1.807, 2.05) is 19.9 Å². The van der Waals surface area contributed by atoms with Gasteiger partial charge in [0.1, 0.15) is 6.04 Å². The van der Waals surface area contributed by atoms with Crippen LogP contribution in [0.5, 0.6) is 0 Å². The minimum absolute atomic E-state index is 0.119. The fraction of sp³-hybridized carbons (Fsp3) is 0.444. The van der Waals surface area contributed by atoms with Gasteiger partial charge in [-0.05, 0) is 37.7 Å². The van der Waals surface area contributed by atoms with E-state index in [1.165, 1.54) is 0 Å². The number of carbonyl (C=O) groups is 3. The van der Waals surface area contributed by atoms with Crippen molar-refractivity contribution in [3.05, 3.63) is 35.4 Å². The number of hydrogen-bond donors (Lipinski definition) is 2. The molecule has 2 rings (SSSR count). The van der Waals surface area contributed by atoms with Gasteiger partial charge in [0.05, 0.1) is 13.0 Å². The summed E-state index contributed by atoms with van der Waals surface area (Å²) >= 11 is 5.32. The summed E-state index contributed by atoms with van der Waals surface area (Å²) in [6.45, 7) is 4.89. The largest absolute Gasteiger partial charge is 0.466 e. The highest BCUT2D eigenvalue weighted by Crippen LogP contribution is 2.12. The van der Waals surface area contributed by atoms with Crippen LogP contribution in [-0.4, -0.2) is 53.5 Å². The fourth-order valence-electron chi connectivity index (χ4n) is 2.62. The summed E-state index contributed by atoms with van der Waals surface area (Å²) in [7, 11) is 0. The Morgan fingerprint density at radius 2 is 2.19 bits per heavy atom. The summed E-state index contributed by atoms with van der Waals surface area (Å²) in [6.07, 6.45) is 0.587. The van der Waals surface area contributed by atoms with E-state index in [4.69, 9.17) is 17.0 Å². The van der Waals surface area contributed by atoms with E-state index in [9.17, 15) is 14.4 Å². The first kappa shape index (κ1) is 19.8. The van der Waals surface area contributed by atoms with E-state index < -0.39 is 12.0 Å². The average molecular weight is 377 g/mol. The second-order valence-electron chi connectivity index (χ2n) is 6.05. The fourth-order valence-corrected chi connectivity index (χ4v) is 2.93. The Labute approximate surface area is 158 Å². The maximum Gasteiger partial charge on any atom is 0.308 e. The zero-order chi connectivity index (χ0) is 19.1. The molecule has 0 bridgehead atoms. The maximum absolute atomic E-state index is 12.4. The third kappa shape index (κ3) is 5.26. The molecular weight excluding hydrogens is 354 g/mol. The summed E-state index contributed by atoms with van der Waals surface area (Å²) in [5, 5.41) is 5.48. The third-order valence-corrected chi connectivity index (χ3v) is 4.26. The minimum Gasteiger partial charge on any atom is -0.466 e. The Hall–Kier alpha value is -2.48. The summed E-state index contributed by atoms with van der Waals surface area (Å²) in [5.74, 6) is -1.12. The molecule has 0 aromatic heterocycles. The van der Waals surface area contributed by atoms with Crippen LogP contribution in [0.4, 0.5) is 0 Å². The molecule has 2 amide bonds. The molecule has 1 unspecified atom stereocenters. The van der Waals surface area contributed by atoms with Crippen LogP contribution in [-0.2, 0) is 14.3 Å². The van der Waals surface area contributed by atoms with E-state index in [1.54, 1.807) is 23.1 Å². The van der Waals surface area contributed by atoms with Gasteiger partial charge in [0.2, 0.25) is 5.91 Å². The lowest BCUT2D eigenvalue weighted by Crippen LogP contribution is -2.60. The van der Waals surface area contributed by atoms with Crippen LogP contribution >= 0.6 is 12.2 Å². The number of rotatable bonds is 5. The van der Waals surface area contributed by atoms with E-state index in [0.29, 0.717) is 31.7 Å². The molecular formula is C18H23N3O4S. The van der Waals surface area contributed by atoms with E-state index in [0.717, 1.165) is 5.56 Å². The smallest absolute Gasteiger partial charge is 0.308 e. The zero-order valence-electron chi connectivity index (χ0n) is 14.9. The lowest BCUT2D eigenvalue weighted by molar-refractivity contribution is -0.147. The van der Waals surface area contributed by atoms with Crippen molar-refractivity contribution in [1.82, 2.24) is 15.5 Å². The van der Waals surface area contributed by atoms with Gasteiger partial charge in [-0.25, -0.2) is 0 Å². The molecule has 1 heterocycles. The van der Waals surface area contributed by atoms with Gasteiger partial charge in [-0.2, -0.15) is 0 Å². The monoisotopic (exact) mass is 377 g/mol. The summed E-state index contributed by atoms with van der Waals surface area (Å²) in [6, 6.07) is 6.32. The number of piperazine rings is 1. The minimum atomic E-state index is -0.793. The molecule has 7 nitrogen and oxygen atoms in total. The van der Waals surface area contributed by atoms with Crippen molar-refractivity contribution < 1.29 is 19.1 Å². The van der Waals surface area contributed by atoms with Gasteiger partial charge in [0.25, 0.3) is 5.91 Å². The second kappa shape index (κ2) is 9.28. The Kier molecular flexibility index (Phi) is 7.08. The number of carbonyl (C=O) groups excluding carboxylic acids is 3. The summed E-state index contributed by atoms with van der Waals surface area (Å²) in [5.41, 5.74) is 1.44. The van der Waals surface area contributed by atoms with Crippen molar-refractivity contribution in [3.63, 3.8) is 0 Å². The van der Waals surface area contributed by atoms with Gasteiger partial charge in [0, 0.05) is 18.7 Å². The van der Waals surface area contributed by atoms with E-state index in [2.05, 4.69) is 10.6 Å². The van der Waals surface area contributed by atoms with Crippen LogP contribution in [0.1, 0.15) is 35.7 Å². The van der Waals surface area contributed by atoms with Crippen LogP contribution in [0.25, 0.3) is 0 Å². The molecule has 1 aliphatic heterocycles. The Morgan fingerprint density at radius 3 is 2.88 bits per heavy atom. The highest BCUT2D eigenvalue weighted by molar-refractivity contribution is 7.80. The molecule has 1 aromatic carbocycles. The van der Waals surface area contributed by atoms with Crippen molar-refractivity contribution in [1.29, 1.82) is 0 Å².